The Bertz CT molecular complexity index is 449. The Morgan fingerprint density at radius 3 is 2.47 bits per heavy atom. The summed E-state index contributed by atoms with van der Waals surface area (Å²) in [5, 5.41) is 10.5. The Hall–Kier alpha value is -1.29. The van der Waals surface area contributed by atoms with E-state index in [1.165, 1.54) is 0 Å². The van der Waals surface area contributed by atoms with Gasteiger partial charge in [-0.25, -0.2) is 0 Å². The largest absolute Gasteiger partial charge is 0.545 e. The first-order chi connectivity index (χ1) is 7.65. The Labute approximate surface area is 93.7 Å². The fraction of sp³-hybridized carbons (Fsp3) is 0.571. The van der Waals surface area contributed by atoms with Gasteiger partial charge in [-0.15, -0.1) is 0 Å². The van der Waals surface area contributed by atoms with Crippen molar-refractivity contribution in [2.45, 2.75) is 11.9 Å². The molecule has 0 bridgehead atoms. The number of hydrogen-bond acceptors (Lipinski definition) is 6. The van der Waals surface area contributed by atoms with Gasteiger partial charge in [-0.2, -0.15) is 21.6 Å². The second kappa shape index (κ2) is 4.53. The van der Waals surface area contributed by atoms with Crippen LogP contribution in [0.1, 0.15) is 6.42 Å². The molecule has 1 aliphatic rings. The zero-order chi connectivity index (χ0) is 13.3. The SMILES string of the molecule is O=C([O-])C1=C(OS(=O)(=O)C(F)(F)F)COCC1. The molecule has 10 heteroatoms. The van der Waals surface area contributed by atoms with Crippen molar-refractivity contribution in [3.8, 4) is 0 Å². The number of carboxylic acids is 1. The van der Waals surface area contributed by atoms with Crippen LogP contribution in [-0.2, 0) is 23.8 Å². The minimum atomic E-state index is -5.89. The summed E-state index contributed by atoms with van der Waals surface area (Å²) < 4.78 is 65.5. The second-order valence-electron chi connectivity index (χ2n) is 2.97. The zero-order valence-electron chi connectivity index (χ0n) is 8.11. The third kappa shape index (κ3) is 3.09. The number of aliphatic carboxylic acids is 1. The number of rotatable bonds is 3. The molecular formula is C7H6F3O6S-. The molecule has 0 aromatic rings. The lowest BCUT2D eigenvalue weighted by molar-refractivity contribution is -0.300. The molecular weight excluding hydrogens is 269 g/mol. The monoisotopic (exact) mass is 275 g/mol. The summed E-state index contributed by atoms with van der Waals surface area (Å²) in [6, 6.07) is 0. The van der Waals surface area contributed by atoms with Crippen LogP contribution in [0, 0.1) is 0 Å². The van der Waals surface area contributed by atoms with E-state index in [1.54, 1.807) is 0 Å². The van der Waals surface area contributed by atoms with E-state index in [0.29, 0.717) is 0 Å². The molecule has 0 saturated carbocycles. The van der Waals surface area contributed by atoms with Crippen molar-refractivity contribution in [2.75, 3.05) is 13.2 Å². The molecule has 0 spiro atoms. The highest BCUT2D eigenvalue weighted by Crippen LogP contribution is 2.28. The van der Waals surface area contributed by atoms with Gasteiger partial charge in [0.05, 0.1) is 12.6 Å². The maximum absolute atomic E-state index is 12.0. The van der Waals surface area contributed by atoms with Gasteiger partial charge < -0.3 is 18.8 Å². The lowest BCUT2D eigenvalue weighted by Gasteiger charge is -2.21. The maximum Gasteiger partial charge on any atom is 0.534 e. The Morgan fingerprint density at radius 2 is 2.00 bits per heavy atom. The molecule has 0 aromatic carbocycles. The van der Waals surface area contributed by atoms with Crippen molar-refractivity contribution in [2.24, 2.45) is 0 Å². The van der Waals surface area contributed by atoms with Crippen molar-refractivity contribution in [1.29, 1.82) is 0 Å². The Morgan fingerprint density at radius 1 is 1.41 bits per heavy atom. The van der Waals surface area contributed by atoms with Crippen molar-refractivity contribution in [3.05, 3.63) is 11.3 Å². The highest BCUT2D eigenvalue weighted by molar-refractivity contribution is 7.87. The second-order valence-corrected chi connectivity index (χ2v) is 4.51. The minimum Gasteiger partial charge on any atom is -0.545 e. The molecule has 6 nitrogen and oxygen atoms in total. The number of halogens is 3. The summed E-state index contributed by atoms with van der Waals surface area (Å²) in [6.07, 6.45) is -0.287. The van der Waals surface area contributed by atoms with E-state index in [4.69, 9.17) is 0 Å². The van der Waals surface area contributed by atoms with Gasteiger partial charge in [0.2, 0.25) is 0 Å². The number of carbonyl (C=O) groups is 1. The number of hydrogen-bond donors (Lipinski definition) is 0. The quantitative estimate of drug-likeness (QED) is 0.498. The zero-order valence-corrected chi connectivity index (χ0v) is 8.93. The van der Waals surface area contributed by atoms with Gasteiger partial charge in [-0.1, -0.05) is 0 Å². The fourth-order valence-corrected chi connectivity index (χ4v) is 1.54. The standard InChI is InChI=1S/C7H7F3O6S/c8-7(9,10)17(13,14)16-5-3-15-2-1-4(5)6(11)12/h1-3H2,(H,11,12)/p-1. The van der Waals surface area contributed by atoms with Crippen LogP contribution < -0.4 is 5.11 Å². The molecule has 1 heterocycles. The van der Waals surface area contributed by atoms with Gasteiger partial charge in [0, 0.05) is 12.0 Å². The Kier molecular flexibility index (Phi) is 3.67. The average Bonchev–Trinajstić information content (AvgIpc) is 2.15. The van der Waals surface area contributed by atoms with Crippen molar-refractivity contribution < 1.29 is 40.4 Å². The van der Waals surface area contributed by atoms with Gasteiger partial charge in [0.1, 0.15) is 6.61 Å². The lowest BCUT2D eigenvalue weighted by Crippen LogP contribution is -2.32. The molecule has 17 heavy (non-hydrogen) atoms. The molecule has 0 amide bonds. The van der Waals surface area contributed by atoms with Crippen LogP contribution in [0.2, 0.25) is 0 Å². The highest BCUT2D eigenvalue weighted by Gasteiger charge is 2.49. The van der Waals surface area contributed by atoms with Gasteiger partial charge in [0.15, 0.2) is 5.76 Å². The molecule has 0 aromatic heterocycles. The first kappa shape index (κ1) is 13.8. The number of ether oxygens (including phenoxy) is 1. The maximum atomic E-state index is 12.0. The highest BCUT2D eigenvalue weighted by atomic mass is 32.2. The fourth-order valence-electron chi connectivity index (χ4n) is 1.04. The molecule has 0 unspecified atom stereocenters. The third-order valence-corrected chi connectivity index (χ3v) is 2.79. The van der Waals surface area contributed by atoms with E-state index in [1.807, 2.05) is 0 Å². The van der Waals surface area contributed by atoms with E-state index in [0.717, 1.165) is 0 Å². The Balaban J connectivity index is 3.05. The summed E-state index contributed by atoms with van der Waals surface area (Å²) in [5.74, 6) is -2.70. The van der Waals surface area contributed by atoms with Crippen LogP contribution in [0.25, 0.3) is 0 Å². The molecule has 0 N–H and O–H groups in total. The molecule has 1 aliphatic heterocycles. The minimum absolute atomic E-state index is 0.0672. The lowest BCUT2D eigenvalue weighted by atomic mass is 10.1. The van der Waals surface area contributed by atoms with E-state index in [-0.39, 0.29) is 13.0 Å². The topological polar surface area (TPSA) is 92.7 Å². The van der Waals surface area contributed by atoms with Crippen molar-refractivity contribution in [3.63, 3.8) is 0 Å². The van der Waals surface area contributed by atoms with Crippen molar-refractivity contribution >= 4 is 16.1 Å². The van der Waals surface area contributed by atoms with Crippen molar-refractivity contribution in [1.82, 2.24) is 0 Å². The predicted octanol–water partition coefficient (Wildman–Crippen LogP) is -0.723. The molecule has 1 rings (SSSR count). The summed E-state index contributed by atoms with van der Waals surface area (Å²) in [5.41, 5.74) is -6.28. The summed E-state index contributed by atoms with van der Waals surface area (Å²) in [6.45, 7) is -0.735. The summed E-state index contributed by atoms with van der Waals surface area (Å²) >= 11 is 0. The first-order valence-corrected chi connectivity index (χ1v) is 5.58. The van der Waals surface area contributed by atoms with Crippen LogP contribution in [0.3, 0.4) is 0 Å². The molecule has 0 fully saturated rings. The first-order valence-electron chi connectivity index (χ1n) is 4.17. The van der Waals surface area contributed by atoms with E-state index in [9.17, 15) is 31.5 Å². The number of carboxylic acid groups (broad SMARTS) is 1. The molecule has 0 atom stereocenters. The van der Waals surface area contributed by atoms with Gasteiger partial charge >= 0.3 is 15.6 Å². The smallest absolute Gasteiger partial charge is 0.534 e. The molecule has 0 aliphatic carbocycles. The number of carbonyl (C=O) groups excluding carboxylic acids is 1. The van der Waals surface area contributed by atoms with Gasteiger partial charge in [0.25, 0.3) is 0 Å². The summed E-state index contributed by atoms with van der Waals surface area (Å²) in [7, 11) is -5.89. The third-order valence-electron chi connectivity index (χ3n) is 1.81. The normalized spacial score (nSPS) is 18.1. The molecule has 98 valence electrons. The van der Waals surface area contributed by atoms with Crippen LogP contribution in [0.15, 0.2) is 11.3 Å². The number of alkyl halides is 3. The molecule has 0 radical (unpaired) electrons. The average molecular weight is 275 g/mol. The predicted molar refractivity (Wildman–Crippen MR) is 43.5 cm³/mol. The summed E-state index contributed by atoms with van der Waals surface area (Å²) in [4.78, 5) is 10.5. The van der Waals surface area contributed by atoms with E-state index < -0.39 is 39.5 Å². The van der Waals surface area contributed by atoms with Crippen LogP contribution >= 0.6 is 0 Å². The van der Waals surface area contributed by atoms with Crippen LogP contribution in [0.4, 0.5) is 13.2 Å². The van der Waals surface area contributed by atoms with E-state index >= 15 is 0 Å². The van der Waals surface area contributed by atoms with E-state index in [2.05, 4.69) is 8.92 Å². The van der Waals surface area contributed by atoms with Crippen LogP contribution in [0.5, 0.6) is 0 Å². The molecule has 0 saturated heterocycles. The van der Waals surface area contributed by atoms with Gasteiger partial charge in [-0.05, 0) is 0 Å². The van der Waals surface area contributed by atoms with Gasteiger partial charge in [-0.3, -0.25) is 0 Å². The van der Waals surface area contributed by atoms with Crippen LogP contribution in [-0.4, -0.2) is 33.1 Å².